The number of unbranched alkanes of at least 4 members (excludes halogenated alkanes) is 60. The van der Waals surface area contributed by atoms with Gasteiger partial charge < -0.3 is 15.5 Å². The van der Waals surface area contributed by atoms with Crippen molar-refractivity contribution in [2.75, 3.05) is 6.61 Å². The summed E-state index contributed by atoms with van der Waals surface area (Å²) < 4.78 is 0. The highest BCUT2D eigenvalue weighted by molar-refractivity contribution is 5.76. The molecular formula is C71H141NO3. The highest BCUT2D eigenvalue weighted by Crippen LogP contribution is 2.20. The SMILES string of the molecule is CCCCCCCCCCCCCCCCCCCCCCCCCC/C=C/C(O)C(CO)NC(=O)CCCCCCCCCCCCCCCCCCCCCCCCCCCCCCCCCCCCCCC. The Hall–Kier alpha value is -0.870. The average molecular weight is 1060 g/mol. The first-order valence-electron chi connectivity index (χ1n) is 35.4. The molecule has 0 aliphatic rings. The van der Waals surface area contributed by atoms with Crippen LogP contribution in [0.15, 0.2) is 12.2 Å². The van der Waals surface area contributed by atoms with Crippen LogP contribution in [0.4, 0.5) is 0 Å². The first-order chi connectivity index (χ1) is 37.2. The van der Waals surface area contributed by atoms with Crippen molar-refractivity contribution >= 4 is 5.91 Å². The highest BCUT2D eigenvalue weighted by Gasteiger charge is 2.18. The summed E-state index contributed by atoms with van der Waals surface area (Å²) in [6.07, 6.45) is 90.3. The van der Waals surface area contributed by atoms with Crippen LogP contribution in [0.5, 0.6) is 0 Å². The third-order valence-corrected chi connectivity index (χ3v) is 17.0. The van der Waals surface area contributed by atoms with Crippen molar-refractivity contribution in [1.29, 1.82) is 0 Å². The smallest absolute Gasteiger partial charge is 0.220 e. The zero-order chi connectivity index (χ0) is 54.1. The minimum absolute atomic E-state index is 0.0529. The lowest BCUT2D eigenvalue weighted by atomic mass is 10.0. The molecule has 0 aromatic carbocycles. The maximum Gasteiger partial charge on any atom is 0.220 e. The molecule has 4 heteroatoms. The van der Waals surface area contributed by atoms with Crippen molar-refractivity contribution < 1.29 is 15.0 Å². The Morgan fingerprint density at radius 2 is 0.493 bits per heavy atom. The van der Waals surface area contributed by atoms with Gasteiger partial charge in [-0.1, -0.05) is 405 Å². The molecule has 0 aromatic heterocycles. The standard InChI is InChI=1S/C71H141NO3/c1-3-5-7-9-11-13-15-17-19-21-23-25-27-29-31-32-33-34-35-36-37-38-39-40-41-43-45-47-49-51-53-55-57-59-61-63-65-67-71(75)72-69(68-73)70(74)66-64-62-60-58-56-54-52-50-48-46-44-42-30-28-26-24-22-20-18-16-14-12-10-8-6-4-2/h64,66,69-70,73-74H,3-63,65,67-68H2,1-2H3,(H,72,75)/b66-64+. The zero-order valence-electron chi connectivity index (χ0n) is 51.9. The largest absolute Gasteiger partial charge is 0.394 e. The number of aliphatic hydroxyl groups is 2. The minimum Gasteiger partial charge on any atom is -0.394 e. The second kappa shape index (κ2) is 67.4. The molecule has 0 saturated carbocycles. The summed E-state index contributed by atoms with van der Waals surface area (Å²) in [5.41, 5.74) is 0. The normalized spacial score (nSPS) is 12.6. The summed E-state index contributed by atoms with van der Waals surface area (Å²) in [5.74, 6) is -0.0529. The van der Waals surface area contributed by atoms with Gasteiger partial charge in [0.1, 0.15) is 0 Å². The molecule has 0 aliphatic heterocycles. The van der Waals surface area contributed by atoms with Crippen LogP contribution in [0, 0.1) is 0 Å². The van der Waals surface area contributed by atoms with Crippen LogP contribution in [-0.4, -0.2) is 34.9 Å². The maximum atomic E-state index is 12.5. The lowest BCUT2D eigenvalue weighted by molar-refractivity contribution is -0.123. The Morgan fingerprint density at radius 3 is 0.693 bits per heavy atom. The van der Waals surface area contributed by atoms with E-state index in [1.54, 1.807) is 6.08 Å². The summed E-state index contributed by atoms with van der Waals surface area (Å²) in [6.45, 7) is 4.37. The molecule has 0 spiro atoms. The number of nitrogens with one attached hydrogen (secondary N) is 1. The Labute approximate surface area is 473 Å². The van der Waals surface area contributed by atoms with Gasteiger partial charge >= 0.3 is 0 Å². The summed E-state index contributed by atoms with van der Waals surface area (Å²) in [7, 11) is 0. The number of carbonyl (C=O) groups excluding carboxylic acids is 1. The fraction of sp³-hybridized carbons (Fsp3) is 0.958. The molecule has 448 valence electrons. The van der Waals surface area contributed by atoms with Crippen molar-refractivity contribution in [3.8, 4) is 0 Å². The second-order valence-corrected chi connectivity index (χ2v) is 24.7. The van der Waals surface area contributed by atoms with E-state index in [4.69, 9.17) is 0 Å². The number of rotatable bonds is 67. The Morgan fingerprint density at radius 1 is 0.307 bits per heavy atom. The third-order valence-electron chi connectivity index (χ3n) is 17.0. The van der Waals surface area contributed by atoms with Gasteiger partial charge in [-0.25, -0.2) is 0 Å². The summed E-state index contributed by atoms with van der Waals surface area (Å²) in [6, 6.07) is -0.620. The second-order valence-electron chi connectivity index (χ2n) is 24.7. The molecule has 0 saturated heterocycles. The average Bonchev–Trinajstić information content (AvgIpc) is 3.41. The molecule has 4 nitrogen and oxygen atoms in total. The predicted octanol–water partition coefficient (Wildman–Crippen LogP) is 24.0. The van der Waals surface area contributed by atoms with E-state index >= 15 is 0 Å². The topological polar surface area (TPSA) is 69.6 Å². The fourth-order valence-electron chi connectivity index (χ4n) is 11.7. The molecule has 0 aromatic rings. The maximum absolute atomic E-state index is 12.5. The molecular weight excluding hydrogens is 915 g/mol. The lowest BCUT2D eigenvalue weighted by Crippen LogP contribution is -2.45. The van der Waals surface area contributed by atoms with Crippen LogP contribution in [0.1, 0.15) is 418 Å². The molecule has 2 atom stereocenters. The van der Waals surface area contributed by atoms with Gasteiger partial charge in [0, 0.05) is 6.42 Å². The predicted molar refractivity (Wildman–Crippen MR) is 336 cm³/mol. The van der Waals surface area contributed by atoms with Crippen LogP contribution in [0.25, 0.3) is 0 Å². The molecule has 75 heavy (non-hydrogen) atoms. The van der Waals surface area contributed by atoms with Crippen molar-refractivity contribution in [2.24, 2.45) is 0 Å². The molecule has 0 fully saturated rings. The van der Waals surface area contributed by atoms with Gasteiger partial charge in [0.05, 0.1) is 18.8 Å². The fourth-order valence-corrected chi connectivity index (χ4v) is 11.7. The Balaban J connectivity index is 3.37. The molecule has 0 bridgehead atoms. The van der Waals surface area contributed by atoms with Gasteiger partial charge in [-0.3, -0.25) is 4.79 Å². The van der Waals surface area contributed by atoms with E-state index in [2.05, 4.69) is 19.2 Å². The summed E-state index contributed by atoms with van der Waals surface area (Å²) in [5, 5.41) is 23.3. The Bertz CT molecular complexity index is 1060. The van der Waals surface area contributed by atoms with Crippen molar-refractivity contribution in [3.63, 3.8) is 0 Å². The summed E-state index contributed by atoms with van der Waals surface area (Å²) in [4.78, 5) is 12.5. The number of hydrogen-bond donors (Lipinski definition) is 3. The number of aliphatic hydroxyl groups excluding tert-OH is 2. The molecule has 0 aliphatic carbocycles. The highest BCUT2D eigenvalue weighted by atomic mass is 16.3. The lowest BCUT2D eigenvalue weighted by Gasteiger charge is -2.20. The van der Waals surface area contributed by atoms with E-state index < -0.39 is 12.1 Å². The quantitative estimate of drug-likeness (QED) is 0.0420. The Kier molecular flexibility index (Phi) is 66.6. The zero-order valence-corrected chi connectivity index (χ0v) is 51.9. The van der Waals surface area contributed by atoms with Gasteiger partial charge in [-0.15, -0.1) is 0 Å². The van der Waals surface area contributed by atoms with Gasteiger partial charge in [0.25, 0.3) is 0 Å². The van der Waals surface area contributed by atoms with E-state index in [1.807, 2.05) is 6.08 Å². The van der Waals surface area contributed by atoms with Gasteiger partial charge in [0.2, 0.25) is 5.91 Å². The van der Waals surface area contributed by atoms with Crippen LogP contribution in [0.3, 0.4) is 0 Å². The molecule has 0 radical (unpaired) electrons. The summed E-state index contributed by atoms with van der Waals surface area (Å²) >= 11 is 0. The molecule has 0 heterocycles. The third kappa shape index (κ3) is 63.8. The number of amides is 1. The first kappa shape index (κ1) is 74.1. The number of allylic oxidation sites excluding steroid dienone is 1. The van der Waals surface area contributed by atoms with E-state index in [9.17, 15) is 15.0 Å². The molecule has 3 N–H and O–H groups in total. The molecule has 2 unspecified atom stereocenters. The first-order valence-corrected chi connectivity index (χ1v) is 35.4. The minimum atomic E-state index is -0.837. The van der Waals surface area contributed by atoms with Crippen LogP contribution >= 0.6 is 0 Å². The van der Waals surface area contributed by atoms with Crippen LogP contribution in [0.2, 0.25) is 0 Å². The van der Waals surface area contributed by atoms with Crippen LogP contribution < -0.4 is 5.32 Å². The van der Waals surface area contributed by atoms with E-state index in [-0.39, 0.29) is 12.5 Å². The number of hydrogen-bond acceptors (Lipinski definition) is 3. The molecule has 1 amide bonds. The van der Waals surface area contributed by atoms with Gasteiger partial charge in [0.15, 0.2) is 0 Å². The van der Waals surface area contributed by atoms with E-state index in [1.165, 1.54) is 372 Å². The monoisotopic (exact) mass is 1060 g/mol. The van der Waals surface area contributed by atoms with Crippen molar-refractivity contribution in [3.05, 3.63) is 12.2 Å². The van der Waals surface area contributed by atoms with E-state index in [0.717, 1.165) is 25.7 Å². The van der Waals surface area contributed by atoms with Crippen LogP contribution in [-0.2, 0) is 4.79 Å². The van der Waals surface area contributed by atoms with Gasteiger partial charge in [-0.05, 0) is 19.3 Å². The molecule has 0 rings (SSSR count). The van der Waals surface area contributed by atoms with Crippen molar-refractivity contribution in [2.45, 2.75) is 431 Å². The van der Waals surface area contributed by atoms with Crippen molar-refractivity contribution in [1.82, 2.24) is 5.32 Å². The number of carbonyl (C=O) groups is 1. The van der Waals surface area contributed by atoms with Gasteiger partial charge in [-0.2, -0.15) is 0 Å². The van der Waals surface area contributed by atoms with E-state index in [0.29, 0.717) is 6.42 Å².